The highest BCUT2D eigenvalue weighted by molar-refractivity contribution is 7.89. The lowest BCUT2D eigenvalue weighted by Crippen LogP contribution is -2.42. The molecule has 0 spiro atoms. The van der Waals surface area contributed by atoms with Crippen LogP contribution in [0.5, 0.6) is 5.75 Å². The minimum atomic E-state index is -3.72. The molecule has 0 aromatic heterocycles. The maximum Gasteiger partial charge on any atom is 0.246 e. The van der Waals surface area contributed by atoms with Crippen molar-refractivity contribution in [1.29, 1.82) is 0 Å². The SMILES string of the molecule is COc1ccc(Cl)cc1S(=O)(=O)N1CCO[C@H](c2ccccc2)C1. The molecule has 0 N–H and O–H groups in total. The quantitative estimate of drug-likeness (QED) is 0.833. The molecule has 7 heteroatoms. The van der Waals surface area contributed by atoms with Gasteiger partial charge in [0.05, 0.1) is 19.8 Å². The maximum absolute atomic E-state index is 13.0. The van der Waals surface area contributed by atoms with Crippen LogP contribution in [-0.4, -0.2) is 39.5 Å². The third-order valence-electron chi connectivity index (χ3n) is 3.94. The molecule has 0 unspecified atom stereocenters. The number of sulfonamides is 1. The van der Waals surface area contributed by atoms with Gasteiger partial charge in [0.15, 0.2) is 0 Å². The summed E-state index contributed by atoms with van der Waals surface area (Å²) < 4.78 is 38.4. The predicted octanol–water partition coefficient (Wildman–Crippen LogP) is 3.11. The molecule has 1 atom stereocenters. The number of rotatable bonds is 4. The molecule has 1 fully saturated rings. The van der Waals surface area contributed by atoms with E-state index in [1.165, 1.54) is 17.5 Å². The Balaban J connectivity index is 1.91. The van der Waals surface area contributed by atoms with Crippen molar-refractivity contribution in [2.45, 2.75) is 11.0 Å². The summed E-state index contributed by atoms with van der Waals surface area (Å²) in [6, 6.07) is 14.2. The van der Waals surface area contributed by atoms with Gasteiger partial charge in [-0.1, -0.05) is 41.9 Å². The molecule has 1 heterocycles. The van der Waals surface area contributed by atoms with E-state index in [0.717, 1.165) is 5.56 Å². The number of methoxy groups -OCH3 is 1. The summed E-state index contributed by atoms with van der Waals surface area (Å²) >= 11 is 5.98. The standard InChI is InChI=1S/C17H18ClNO4S/c1-22-15-8-7-14(18)11-17(15)24(20,21)19-9-10-23-16(12-19)13-5-3-2-4-6-13/h2-8,11,16H,9-10,12H2,1H3/t16-/m0/s1. The van der Waals surface area contributed by atoms with E-state index >= 15 is 0 Å². The lowest BCUT2D eigenvalue weighted by Gasteiger charge is -2.32. The summed E-state index contributed by atoms with van der Waals surface area (Å²) in [5.41, 5.74) is 0.954. The second-order valence-electron chi connectivity index (χ2n) is 5.43. The van der Waals surface area contributed by atoms with Gasteiger partial charge < -0.3 is 9.47 Å². The Morgan fingerprint density at radius 3 is 2.67 bits per heavy atom. The molecule has 5 nitrogen and oxygen atoms in total. The number of hydrogen-bond acceptors (Lipinski definition) is 4. The highest BCUT2D eigenvalue weighted by Gasteiger charge is 2.33. The van der Waals surface area contributed by atoms with Crippen molar-refractivity contribution in [3.8, 4) is 5.75 Å². The lowest BCUT2D eigenvalue weighted by molar-refractivity contribution is -0.00258. The zero-order chi connectivity index (χ0) is 17.2. The van der Waals surface area contributed by atoms with E-state index in [1.807, 2.05) is 30.3 Å². The Bertz CT molecular complexity index is 811. The Morgan fingerprint density at radius 2 is 1.96 bits per heavy atom. The van der Waals surface area contributed by atoms with Gasteiger partial charge in [-0.25, -0.2) is 8.42 Å². The van der Waals surface area contributed by atoms with Crippen molar-refractivity contribution in [3.63, 3.8) is 0 Å². The van der Waals surface area contributed by atoms with Crippen LogP contribution in [0, 0.1) is 0 Å². The molecule has 3 rings (SSSR count). The monoisotopic (exact) mass is 367 g/mol. The zero-order valence-electron chi connectivity index (χ0n) is 13.2. The van der Waals surface area contributed by atoms with E-state index in [2.05, 4.69) is 0 Å². The van der Waals surface area contributed by atoms with Gasteiger partial charge in [-0.3, -0.25) is 0 Å². The molecule has 24 heavy (non-hydrogen) atoms. The number of halogens is 1. The molecule has 0 amide bonds. The van der Waals surface area contributed by atoms with E-state index < -0.39 is 10.0 Å². The lowest BCUT2D eigenvalue weighted by atomic mass is 10.1. The highest BCUT2D eigenvalue weighted by Crippen LogP contribution is 2.32. The molecule has 2 aromatic carbocycles. The van der Waals surface area contributed by atoms with E-state index in [0.29, 0.717) is 18.2 Å². The second kappa shape index (κ2) is 7.11. The van der Waals surface area contributed by atoms with Gasteiger partial charge in [0, 0.05) is 18.1 Å². The Morgan fingerprint density at radius 1 is 1.21 bits per heavy atom. The summed E-state index contributed by atoms with van der Waals surface area (Å²) in [4.78, 5) is 0.0752. The van der Waals surface area contributed by atoms with Gasteiger partial charge in [0.2, 0.25) is 10.0 Å². The zero-order valence-corrected chi connectivity index (χ0v) is 14.8. The fourth-order valence-electron chi connectivity index (χ4n) is 2.70. The van der Waals surface area contributed by atoms with Crippen LogP contribution in [0.2, 0.25) is 5.02 Å². The van der Waals surface area contributed by atoms with Crippen molar-refractivity contribution in [2.75, 3.05) is 26.8 Å². The predicted molar refractivity (Wildman–Crippen MR) is 91.9 cm³/mol. The first kappa shape index (κ1) is 17.2. The van der Waals surface area contributed by atoms with E-state index in [1.54, 1.807) is 12.1 Å². The van der Waals surface area contributed by atoms with Gasteiger partial charge in [-0.15, -0.1) is 0 Å². The van der Waals surface area contributed by atoms with Crippen LogP contribution in [0.4, 0.5) is 0 Å². The molecule has 0 aliphatic carbocycles. The molecule has 1 aliphatic rings. The molecular weight excluding hydrogens is 350 g/mol. The van der Waals surface area contributed by atoms with Crippen LogP contribution in [-0.2, 0) is 14.8 Å². The van der Waals surface area contributed by atoms with Crippen molar-refractivity contribution >= 4 is 21.6 Å². The fourth-order valence-corrected chi connectivity index (χ4v) is 4.55. The van der Waals surface area contributed by atoms with Gasteiger partial charge in [0.1, 0.15) is 10.6 Å². The average molecular weight is 368 g/mol. The van der Waals surface area contributed by atoms with Crippen LogP contribution < -0.4 is 4.74 Å². The number of morpholine rings is 1. The molecular formula is C17H18ClNO4S. The maximum atomic E-state index is 13.0. The van der Waals surface area contributed by atoms with Crippen LogP contribution >= 0.6 is 11.6 Å². The molecule has 1 saturated heterocycles. The first-order valence-electron chi connectivity index (χ1n) is 7.52. The summed E-state index contributed by atoms with van der Waals surface area (Å²) in [7, 11) is -2.29. The topological polar surface area (TPSA) is 55.8 Å². The van der Waals surface area contributed by atoms with Gasteiger partial charge in [-0.05, 0) is 23.8 Å². The minimum absolute atomic E-state index is 0.0752. The molecule has 128 valence electrons. The molecule has 0 saturated carbocycles. The van der Waals surface area contributed by atoms with Gasteiger partial charge in [-0.2, -0.15) is 4.31 Å². The molecule has 0 bridgehead atoms. The van der Waals surface area contributed by atoms with E-state index in [9.17, 15) is 8.42 Å². The van der Waals surface area contributed by atoms with Crippen LogP contribution in [0.3, 0.4) is 0 Å². The Labute approximate surface area is 146 Å². The minimum Gasteiger partial charge on any atom is -0.495 e. The molecule has 1 aliphatic heterocycles. The van der Waals surface area contributed by atoms with Crippen molar-refractivity contribution in [1.82, 2.24) is 4.31 Å². The Kier molecular flexibility index (Phi) is 5.10. The number of benzene rings is 2. The summed E-state index contributed by atoms with van der Waals surface area (Å²) in [6.07, 6.45) is -0.292. The summed E-state index contributed by atoms with van der Waals surface area (Å²) in [5, 5.41) is 0.349. The molecule has 2 aromatic rings. The Hall–Kier alpha value is -1.60. The van der Waals surface area contributed by atoms with E-state index in [4.69, 9.17) is 21.1 Å². The largest absolute Gasteiger partial charge is 0.495 e. The first-order valence-corrected chi connectivity index (χ1v) is 9.34. The average Bonchev–Trinajstić information content (AvgIpc) is 2.62. The first-order chi connectivity index (χ1) is 11.5. The van der Waals surface area contributed by atoms with Crippen molar-refractivity contribution < 1.29 is 17.9 Å². The van der Waals surface area contributed by atoms with E-state index in [-0.39, 0.29) is 23.3 Å². The van der Waals surface area contributed by atoms with Crippen molar-refractivity contribution in [3.05, 3.63) is 59.1 Å². The van der Waals surface area contributed by atoms with Crippen molar-refractivity contribution in [2.24, 2.45) is 0 Å². The van der Waals surface area contributed by atoms with Gasteiger partial charge >= 0.3 is 0 Å². The highest BCUT2D eigenvalue weighted by atomic mass is 35.5. The molecule has 0 radical (unpaired) electrons. The van der Waals surface area contributed by atoms with Crippen LogP contribution in [0.1, 0.15) is 11.7 Å². The number of nitrogens with zero attached hydrogens (tertiary/aromatic N) is 1. The normalized spacial score (nSPS) is 19.2. The number of hydrogen-bond donors (Lipinski definition) is 0. The number of ether oxygens (including phenoxy) is 2. The van der Waals surface area contributed by atoms with Crippen LogP contribution in [0.15, 0.2) is 53.4 Å². The summed E-state index contributed by atoms with van der Waals surface area (Å²) in [5.74, 6) is 0.280. The fraction of sp³-hybridized carbons (Fsp3) is 0.294. The second-order valence-corrected chi connectivity index (χ2v) is 7.77. The smallest absolute Gasteiger partial charge is 0.246 e. The van der Waals surface area contributed by atoms with Gasteiger partial charge in [0.25, 0.3) is 0 Å². The summed E-state index contributed by atoms with van der Waals surface area (Å²) in [6.45, 7) is 0.880. The third-order valence-corrected chi connectivity index (χ3v) is 6.07. The van der Waals surface area contributed by atoms with Crippen LogP contribution in [0.25, 0.3) is 0 Å². The third kappa shape index (κ3) is 3.42.